The number of benzene rings is 4. The van der Waals surface area contributed by atoms with Gasteiger partial charge in [-0.1, -0.05) is 44.9 Å². The van der Waals surface area contributed by atoms with Gasteiger partial charge in [-0.3, -0.25) is 30.1 Å². The molecule has 2 aliphatic heterocycles. The Labute approximate surface area is 511 Å². The van der Waals surface area contributed by atoms with Crippen LogP contribution in [0.2, 0.25) is 0 Å². The van der Waals surface area contributed by atoms with Crippen LogP contribution in [0.1, 0.15) is 94.7 Å². The summed E-state index contributed by atoms with van der Waals surface area (Å²) in [4.78, 5) is 40.1. The quantitative estimate of drug-likeness (QED) is 0.0551. The average Bonchev–Trinajstić information content (AvgIpc) is 2.99. The fourth-order valence-corrected chi connectivity index (χ4v) is 13.0. The van der Waals surface area contributed by atoms with Crippen LogP contribution >= 0.6 is 0 Å². The van der Waals surface area contributed by atoms with Crippen molar-refractivity contribution < 1.29 is 8.78 Å². The number of nitrogens with zero attached hydrogens (tertiary/aromatic N) is 10. The first kappa shape index (κ1) is 58.1. The molecule has 0 radical (unpaired) electrons. The van der Waals surface area contributed by atoms with E-state index in [-0.39, 0.29) is 11.6 Å². The molecule has 3 fully saturated rings. The third kappa shape index (κ3) is 13.2. The molecule has 0 amide bonds. The Morgan fingerprint density at radius 2 is 1.05 bits per heavy atom. The average molecular weight is 1180 g/mol. The summed E-state index contributed by atoms with van der Waals surface area (Å²) in [5.74, 6) is 1.58. The number of hydrogen-bond acceptors (Lipinski definition) is 11. The summed E-state index contributed by atoms with van der Waals surface area (Å²) in [6.07, 6.45) is 23.4. The van der Waals surface area contributed by atoms with Crippen molar-refractivity contribution in [2.24, 2.45) is 5.92 Å². The molecule has 4 aromatic carbocycles. The topological polar surface area (TPSA) is 185 Å². The number of halogens is 2. The van der Waals surface area contributed by atoms with E-state index in [4.69, 9.17) is 9.97 Å². The van der Waals surface area contributed by atoms with Gasteiger partial charge in [-0.25, -0.2) is 18.7 Å². The molecule has 448 valence electrons. The van der Waals surface area contributed by atoms with Crippen molar-refractivity contribution in [2.45, 2.75) is 97.4 Å². The van der Waals surface area contributed by atoms with Crippen LogP contribution in [0.5, 0.6) is 0 Å². The number of nitrogens with one attached hydrogen (secondary N) is 5. The van der Waals surface area contributed by atoms with Gasteiger partial charge in [-0.15, -0.1) is 0 Å². The second kappa shape index (κ2) is 27.0. The first-order valence-electron chi connectivity index (χ1n) is 31.6. The summed E-state index contributed by atoms with van der Waals surface area (Å²) < 4.78 is 29.6. The van der Waals surface area contributed by atoms with E-state index < -0.39 is 0 Å². The maximum Gasteiger partial charge on any atom is 0.159 e. The Bertz CT molecular complexity index is 4320. The van der Waals surface area contributed by atoms with Crippen molar-refractivity contribution in [3.8, 4) is 67.9 Å². The molecule has 10 heterocycles. The SMILES string of the molecule is CC.Fc1cc(CCCN2CCCC2)cc(-c2nccc3[nH]c(-c4n[nH]c5ccc(-c6ccccn6)cc45)nc23)c1.Fc1cc(CCCN2CCCC2)cc(-c2nccc3[nH]c(-c4n[nH]c5ccc(-c6cncc(CNCC7CCCC7)c6)cc45)nc23)c1. The summed E-state index contributed by atoms with van der Waals surface area (Å²) in [6.45, 7) is 12.7. The van der Waals surface area contributed by atoms with Crippen LogP contribution < -0.4 is 5.32 Å². The zero-order valence-electron chi connectivity index (χ0n) is 50.2. The van der Waals surface area contributed by atoms with Gasteiger partial charge in [0, 0.05) is 70.6 Å². The monoisotopic (exact) mass is 1180 g/mol. The third-order valence-electron chi connectivity index (χ3n) is 17.4. The number of H-pyrrole nitrogens is 4. The van der Waals surface area contributed by atoms with Gasteiger partial charge in [0.15, 0.2) is 11.6 Å². The van der Waals surface area contributed by atoms with E-state index >= 15 is 0 Å². The molecule has 1 saturated carbocycles. The van der Waals surface area contributed by atoms with E-state index in [1.807, 2.05) is 74.8 Å². The van der Waals surface area contributed by atoms with Crippen LogP contribution in [0.3, 0.4) is 0 Å². The van der Waals surface area contributed by atoms with E-state index in [2.05, 4.69) is 102 Å². The van der Waals surface area contributed by atoms with Crippen LogP contribution in [0, 0.1) is 17.6 Å². The second-order valence-electron chi connectivity index (χ2n) is 23.5. The molecule has 1 aliphatic carbocycles. The lowest BCUT2D eigenvalue weighted by atomic mass is 10.0. The Kier molecular flexibility index (Phi) is 17.8. The molecular weight excluding hydrogens is 1100 g/mol. The number of hydrogen-bond donors (Lipinski definition) is 5. The summed E-state index contributed by atoms with van der Waals surface area (Å²) in [5.41, 5.74) is 16.3. The number of likely N-dealkylation sites (tertiary alicyclic amines) is 2. The highest BCUT2D eigenvalue weighted by molar-refractivity contribution is 5.99. The number of fused-ring (bicyclic) bond motifs is 4. The molecule has 8 aromatic heterocycles. The lowest BCUT2D eigenvalue weighted by molar-refractivity contribution is 0.334. The summed E-state index contributed by atoms with van der Waals surface area (Å²) in [7, 11) is 0. The molecule has 15 nitrogen and oxygen atoms in total. The minimum atomic E-state index is -0.251. The van der Waals surface area contributed by atoms with Crippen LogP contribution in [-0.4, -0.2) is 116 Å². The molecule has 3 aliphatic rings. The van der Waals surface area contributed by atoms with Crippen LogP contribution in [-0.2, 0) is 19.4 Å². The van der Waals surface area contributed by atoms with Crippen molar-refractivity contribution in [1.82, 2.24) is 75.4 Å². The molecule has 0 unspecified atom stereocenters. The summed E-state index contributed by atoms with van der Waals surface area (Å²) in [6, 6.07) is 34.8. The van der Waals surface area contributed by atoms with Crippen LogP contribution in [0.15, 0.2) is 140 Å². The number of aromatic amines is 4. The van der Waals surface area contributed by atoms with Crippen molar-refractivity contribution >= 4 is 43.9 Å². The van der Waals surface area contributed by atoms with Crippen molar-refractivity contribution in [3.63, 3.8) is 0 Å². The Hall–Kier alpha value is -8.90. The van der Waals surface area contributed by atoms with E-state index in [1.54, 1.807) is 42.9 Å². The lowest BCUT2D eigenvalue weighted by Gasteiger charge is -2.14. The highest BCUT2D eigenvalue weighted by Crippen LogP contribution is 2.36. The fourth-order valence-electron chi connectivity index (χ4n) is 13.0. The molecule has 88 heavy (non-hydrogen) atoms. The summed E-state index contributed by atoms with van der Waals surface area (Å²) in [5, 5.41) is 21.1. The molecular formula is C71H75F2N15. The van der Waals surface area contributed by atoms with E-state index in [0.29, 0.717) is 39.8 Å². The first-order valence-corrected chi connectivity index (χ1v) is 31.6. The Balaban J connectivity index is 0.000000161. The maximum absolute atomic E-state index is 14.9. The molecule has 17 heteroatoms. The molecule has 0 spiro atoms. The van der Waals surface area contributed by atoms with Gasteiger partial charge in [0.05, 0.1) is 39.1 Å². The zero-order valence-corrected chi connectivity index (χ0v) is 50.2. The third-order valence-corrected chi connectivity index (χ3v) is 17.4. The zero-order chi connectivity index (χ0) is 59.8. The molecule has 5 N–H and O–H groups in total. The molecule has 12 aromatic rings. The number of imidazole rings is 2. The van der Waals surface area contributed by atoms with Gasteiger partial charge in [0.2, 0.25) is 0 Å². The summed E-state index contributed by atoms with van der Waals surface area (Å²) >= 11 is 0. The normalized spacial score (nSPS) is 14.8. The van der Waals surface area contributed by atoms with Gasteiger partial charge >= 0.3 is 0 Å². The number of aryl methyl sites for hydroxylation is 2. The van der Waals surface area contributed by atoms with Crippen LogP contribution in [0.25, 0.3) is 112 Å². The molecule has 15 rings (SSSR count). The van der Waals surface area contributed by atoms with Gasteiger partial charge in [0.25, 0.3) is 0 Å². The number of aromatic nitrogens is 12. The second-order valence-corrected chi connectivity index (χ2v) is 23.5. The highest BCUT2D eigenvalue weighted by Gasteiger charge is 2.21. The minimum Gasteiger partial charge on any atom is -0.336 e. The standard InChI is InChI=1S/C38H41FN8.C31H28FN7.C2H6/c39-31-18-26(8-5-15-47-13-3-4-14-47)16-29(19-31)35-37-34(11-12-42-35)43-38(44-37)36-32-20-28(9-10-33(32)45-46-36)30-17-27(23-41-24-30)22-40-21-25-6-1-2-7-25;32-23-17-20(6-5-15-39-13-3-4-14-39)16-22(18-23)28-30-27(10-12-34-28)35-31(36-30)29-24-19-21(8-9-26(24)37-38-29)25-7-1-2-11-33-25;1-2/h9-12,16-20,23-25,40H,1-8,13-15,21-22H2,(H,43,44)(H,45,46);1-2,7-12,16-19H,3-6,13-15H2,(H,35,36)(H,37,38);1-2H3. The first-order chi connectivity index (χ1) is 43.4. The van der Waals surface area contributed by atoms with Gasteiger partial charge in [-0.2, -0.15) is 10.2 Å². The van der Waals surface area contributed by atoms with Gasteiger partial charge in [0.1, 0.15) is 34.1 Å². The van der Waals surface area contributed by atoms with Crippen molar-refractivity contribution in [3.05, 3.63) is 169 Å². The molecule has 0 atom stereocenters. The van der Waals surface area contributed by atoms with Gasteiger partial charge in [-0.05, 0) is 229 Å². The number of rotatable bonds is 18. The number of pyridine rings is 4. The predicted molar refractivity (Wildman–Crippen MR) is 348 cm³/mol. The molecule has 2 saturated heterocycles. The van der Waals surface area contributed by atoms with Crippen molar-refractivity contribution in [2.75, 3.05) is 45.8 Å². The predicted octanol–water partition coefficient (Wildman–Crippen LogP) is 15.1. The Morgan fingerprint density at radius 3 is 1.60 bits per heavy atom. The maximum atomic E-state index is 14.9. The minimum absolute atomic E-state index is 0.248. The van der Waals surface area contributed by atoms with Crippen LogP contribution in [0.4, 0.5) is 8.78 Å². The van der Waals surface area contributed by atoms with Gasteiger partial charge < -0.3 is 25.1 Å². The van der Waals surface area contributed by atoms with E-state index in [9.17, 15) is 8.78 Å². The smallest absolute Gasteiger partial charge is 0.159 e. The lowest BCUT2D eigenvalue weighted by Crippen LogP contribution is -2.20. The van der Waals surface area contributed by atoms with Crippen molar-refractivity contribution in [1.29, 1.82) is 0 Å². The molecule has 0 bridgehead atoms. The largest absolute Gasteiger partial charge is 0.336 e. The Morgan fingerprint density at radius 1 is 0.500 bits per heavy atom. The van der Waals surface area contributed by atoms with E-state index in [1.165, 1.54) is 83.1 Å². The van der Waals surface area contributed by atoms with E-state index in [0.717, 1.165) is 141 Å². The fraction of sp³-hybridized carbons (Fsp3) is 0.324. The highest BCUT2D eigenvalue weighted by atomic mass is 19.1.